The maximum atomic E-state index is 12.2. The second-order valence-electron chi connectivity index (χ2n) is 6.65. The summed E-state index contributed by atoms with van der Waals surface area (Å²) in [6.45, 7) is 1.08. The van der Waals surface area contributed by atoms with Crippen LogP contribution in [0.25, 0.3) is 0 Å². The summed E-state index contributed by atoms with van der Waals surface area (Å²) < 4.78 is 0. The number of hydrogen-bond donors (Lipinski definition) is 1. The van der Waals surface area contributed by atoms with Gasteiger partial charge in [-0.15, -0.1) is 0 Å². The summed E-state index contributed by atoms with van der Waals surface area (Å²) in [6, 6.07) is 7.53. The van der Waals surface area contributed by atoms with Crippen molar-refractivity contribution in [3.8, 4) is 0 Å². The summed E-state index contributed by atoms with van der Waals surface area (Å²) in [7, 11) is 0. The molecular weight excluding hydrogens is 352 g/mol. The minimum absolute atomic E-state index is 0.0524. The lowest BCUT2D eigenvalue weighted by Crippen LogP contribution is -2.26. The van der Waals surface area contributed by atoms with Gasteiger partial charge in [0.25, 0.3) is 11.8 Å². The third-order valence-corrected chi connectivity index (χ3v) is 5.19. The van der Waals surface area contributed by atoms with Crippen molar-refractivity contribution in [2.45, 2.75) is 25.9 Å². The molecule has 26 heavy (non-hydrogen) atoms. The molecule has 2 heterocycles. The molecule has 0 fully saturated rings. The van der Waals surface area contributed by atoms with Gasteiger partial charge in [0, 0.05) is 28.3 Å². The normalized spacial score (nSPS) is 22.4. The van der Waals surface area contributed by atoms with Crippen LogP contribution in [-0.4, -0.2) is 23.4 Å². The molecular formula is C20H19ClN2O3. The molecule has 2 aliphatic heterocycles. The van der Waals surface area contributed by atoms with Crippen molar-refractivity contribution in [3.63, 3.8) is 0 Å². The number of nitrogens with one attached hydrogen (secondary N) is 1. The fraction of sp³-hybridized carbons (Fsp3) is 0.300. The summed E-state index contributed by atoms with van der Waals surface area (Å²) in [5.41, 5.74) is 3.32. The van der Waals surface area contributed by atoms with Gasteiger partial charge in [-0.25, -0.2) is 0 Å². The Labute approximate surface area is 156 Å². The number of benzene rings is 1. The van der Waals surface area contributed by atoms with Crippen molar-refractivity contribution in [1.82, 2.24) is 10.4 Å². The smallest absolute Gasteiger partial charge is 0.255 e. The summed E-state index contributed by atoms with van der Waals surface area (Å²) in [5.74, 6) is -0.530. The molecule has 0 spiro atoms. The molecule has 1 atom stereocenters. The van der Waals surface area contributed by atoms with Crippen LogP contribution in [-0.2, 0) is 21.0 Å². The van der Waals surface area contributed by atoms with Crippen LogP contribution in [0.3, 0.4) is 0 Å². The maximum Gasteiger partial charge on any atom is 0.255 e. The minimum Gasteiger partial charge on any atom is -0.289 e. The monoisotopic (exact) mass is 370 g/mol. The first-order valence-electron chi connectivity index (χ1n) is 8.73. The molecule has 0 radical (unpaired) electrons. The van der Waals surface area contributed by atoms with Gasteiger partial charge in [-0.2, -0.15) is 0 Å². The zero-order valence-corrected chi connectivity index (χ0v) is 15.0. The Morgan fingerprint density at radius 1 is 1.19 bits per heavy atom. The first-order valence-corrected chi connectivity index (χ1v) is 9.10. The van der Waals surface area contributed by atoms with E-state index < -0.39 is 0 Å². The largest absolute Gasteiger partial charge is 0.289 e. The predicted molar refractivity (Wildman–Crippen MR) is 97.7 cm³/mol. The zero-order chi connectivity index (χ0) is 18.1. The number of amides is 2. The van der Waals surface area contributed by atoms with E-state index in [9.17, 15) is 9.59 Å². The SMILES string of the molecule is O=C1NC(=O)C2=C1CCCC2C1=CN(OCc2ccc(Cl)cc2)CC=C1. The Morgan fingerprint density at radius 2 is 2.00 bits per heavy atom. The Hall–Kier alpha value is -2.37. The highest BCUT2D eigenvalue weighted by Gasteiger charge is 2.38. The highest BCUT2D eigenvalue weighted by Crippen LogP contribution is 2.38. The van der Waals surface area contributed by atoms with Crippen molar-refractivity contribution in [2.75, 3.05) is 6.54 Å². The molecule has 0 aromatic heterocycles. The number of allylic oxidation sites excluding steroid dienone is 2. The third kappa shape index (κ3) is 3.32. The number of rotatable bonds is 4. The molecule has 1 aliphatic carbocycles. The molecule has 1 aromatic carbocycles. The topological polar surface area (TPSA) is 58.6 Å². The molecule has 1 N–H and O–H groups in total. The molecule has 4 rings (SSSR count). The van der Waals surface area contributed by atoms with E-state index in [4.69, 9.17) is 16.4 Å². The van der Waals surface area contributed by atoms with E-state index in [2.05, 4.69) is 5.32 Å². The van der Waals surface area contributed by atoms with Gasteiger partial charge < -0.3 is 0 Å². The minimum atomic E-state index is -0.247. The average molecular weight is 371 g/mol. The number of hydrogen-bond acceptors (Lipinski definition) is 4. The second kappa shape index (κ2) is 7.09. The molecule has 1 aromatic rings. The Kier molecular flexibility index (Phi) is 4.66. The van der Waals surface area contributed by atoms with Gasteiger partial charge >= 0.3 is 0 Å². The number of carbonyl (C=O) groups excluding carboxylic acids is 2. The van der Waals surface area contributed by atoms with Crippen molar-refractivity contribution < 1.29 is 14.4 Å². The maximum absolute atomic E-state index is 12.2. The number of imide groups is 1. The van der Waals surface area contributed by atoms with Crippen LogP contribution in [0.1, 0.15) is 24.8 Å². The van der Waals surface area contributed by atoms with Crippen molar-refractivity contribution in [2.24, 2.45) is 5.92 Å². The first-order chi connectivity index (χ1) is 12.6. The van der Waals surface area contributed by atoms with Crippen LogP contribution in [0, 0.1) is 5.92 Å². The van der Waals surface area contributed by atoms with Crippen LogP contribution < -0.4 is 5.32 Å². The Morgan fingerprint density at radius 3 is 2.81 bits per heavy atom. The van der Waals surface area contributed by atoms with Gasteiger partial charge in [0.1, 0.15) is 0 Å². The van der Waals surface area contributed by atoms with Crippen LogP contribution in [0.2, 0.25) is 5.02 Å². The zero-order valence-electron chi connectivity index (χ0n) is 14.2. The lowest BCUT2D eigenvalue weighted by Gasteiger charge is -2.28. The van der Waals surface area contributed by atoms with Gasteiger partial charge in [0.15, 0.2) is 0 Å². The quantitative estimate of drug-likeness (QED) is 0.826. The van der Waals surface area contributed by atoms with Crippen molar-refractivity contribution in [3.05, 3.63) is 69.9 Å². The highest BCUT2D eigenvalue weighted by atomic mass is 35.5. The van der Waals surface area contributed by atoms with E-state index >= 15 is 0 Å². The predicted octanol–water partition coefficient (Wildman–Crippen LogP) is 3.28. The van der Waals surface area contributed by atoms with E-state index in [1.54, 1.807) is 5.06 Å². The fourth-order valence-corrected chi connectivity index (χ4v) is 3.80. The molecule has 3 aliphatic rings. The van der Waals surface area contributed by atoms with Crippen LogP contribution in [0.4, 0.5) is 0 Å². The van der Waals surface area contributed by atoms with Crippen LogP contribution in [0.5, 0.6) is 0 Å². The summed E-state index contributed by atoms with van der Waals surface area (Å²) >= 11 is 5.90. The van der Waals surface area contributed by atoms with E-state index in [-0.39, 0.29) is 17.7 Å². The molecule has 0 saturated heterocycles. The number of nitrogens with zero attached hydrogens (tertiary/aromatic N) is 1. The van der Waals surface area contributed by atoms with E-state index in [1.165, 1.54) is 0 Å². The van der Waals surface area contributed by atoms with Crippen LogP contribution in [0.15, 0.2) is 59.3 Å². The molecule has 2 amide bonds. The van der Waals surface area contributed by atoms with Gasteiger partial charge in [-0.1, -0.05) is 35.9 Å². The molecule has 1 unspecified atom stereocenters. The Balaban J connectivity index is 1.49. The number of hydroxylamine groups is 2. The standard InChI is InChI=1S/C20H19ClN2O3/c21-15-8-6-13(7-9-15)12-26-23-10-2-3-14(11-23)16-4-1-5-17-18(16)20(25)22-19(17)24/h2-3,6-9,11,16H,1,4-5,10,12H2,(H,22,24,25). The third-order valence-electron chi connectivity index (χ3n) is 4.94. The average Bonchev–Trinajstić information content (AvgIpc) is 2.96. The van der Waals surface area contributed by atoms with E-state index in [1.807, 2.05) is 42.6 Å². The number of carbonyl (C=O) groups is 2. The van der Waals surface area contributed by atoms with Gasteiger partial charge in [0.05, 0.1) is 13.2 Å². The molecule has 0 bridgehead atoms. The fourth-order valence-electron chi connectivity index (χ4n) is 3.67. The van der Waals surface area contributed by atoms with Crippen molar-refractivity contribution in [1.29, 1.82) is 0 Å². The summed E-state index contributed by atoms with van der Waals surface area (Å²) in [6.07, 6.45) is 8.42. The lowest BCUT2D eigenvalue weighted by atomic mass is 9.79. The van der Waals surface area contributed by atoms with Gasteiger partial charge in [0.2, 0.25) is 0 Å². The van der Waals surface area contributed by atoms with E-state index in [0.717, 1.165) is 24.0 Å². The molecule has 0 saturated carbocycles. The summed E-state index contributed by atoms with van der Waals surface area (Å²) in [5, 5.41) is 4.90. The molecule has 6 heteroatoms. The van der Waals surface area contributed by atoms with Crippen LogP contribution >= 0.6 is 11.6 Å². The Bertz CT molecular complexity index is 839. The van der Waals surface area contributed by atoms with Gasteiger partial charge in [-0.05, 0) is 42.5 Å². The molecule has 5 nitrogen and oxygen atoms in total. The highest BCUT2D eigenvalue weighted by molar-refractivity contribution is 6.30. The number of halogens is 1. The first kappa shape index (κ1) is 17.1. The van der Waals surface area contributed by atoms with Gasteiger partial charge in [-0.3, -0.25) is 24.8 Å². The second-order valence-corrected chi connectivity index (χ2v) is 7.09. The summed E-state index contributed by atoms with van der Waals surface area (Å²) in [4.78, 5) is 30.0. The van der Waals surface area contributed by atoms with Crippen molar-refractivity contribution >= 4 is 23.4 Å². The molecule has 134 valence electrons. The van der Waals surface area contributed by atoms with E-state index in [0.29, 0.717) is 35.7 Å². The lowest BCUT2D eigenvalue weighted by molar-refractivity contribution is -0.126.